The average molecular weight is 329 g/mol. The first-order chi connectivity index (χ1) is 9.95. The fraction of sp³-hybridized carbons (Fsp3) is 0.467. The fourth-order valence-electron chi connectivity index (χ4n) is 2.75. The van der Waals surface area contributed by atoms with Crippen LogP contribution >= 0.6 is 23.2 Å². The molecule has 1 unspecified atom stereocenters. The summed E-state index contributed by atoms with van der Waals surface area (Å²) >= 11 is 11.8. The zero-order chi connectivity index (χ0) is 15.4. The summed E-state index contributed by atoms with van der Waals surface area (Å²) in [4.78, 5) is 23.8. The minimum absolute atomic E-state index is 0.184. The normalized spacial score (nSPS) is 16.5. The van der Waals surface area contributed by atoms with Crippen LogP contribution in [-0.4, -0.2) is 17.9 Å². The lowest BCUT2D eigenvalue weighted by atomic mass is 9.97. The number of hydrogen-bond acceptors (Lipinski definition) is 2. The maximum atomic E-state index is 12.4. The van der Waals surface area contributed by atoms with Gasteiger partial charge in [0, 0.05) is 22.7 Å². The minimum atomic E-state index is -0.511. The smallest absolute Gasteiger partial charge is 0.247 e. The van der Waals surface area contributed by atoms with Gasteiger partial charge in [0.15, 0.2) is 0 Å². The molecule has 6 heteroatoms. The summed E-state index contributed by atoms with van der Waals surface area (Å²) < 4.78 is 0. The van der Waals surface area contributed by atoms with Gasteiger partial charge in [-0.3, -0.25) is 9.59 Å². The summed E-state index contributed by atoms with van der Waals surface area (Å²) in [5.41, 5.74) is 0.533. The molecule has 1 atom stereocenters. The predicted molar refractivity (Wildman–Crippen MR) is 84.7 cm³/mol. The van der Waals surface area contributed by atoms with Crippen LogP contribution in [0, 0.1) is 5.92 Å². The molecule has 0 spiro atoms. The second-order valence-electron chi connectivity index (χ2n) is 5.37. The molecule has 4 nitrogen and oxygen atoms in total. The molecule has 21 heavy (non-hydrogen) atoms. The van der Waals surface area contributed by atoms with E-state index in [-0.39, 0.29) is 17.7 Å². The molecule has 0 bridgehead atoms. The van der Waals surface area contributed by atoms with E-state index in [1.165, 1.54) is 6.92 Å². The summed E-state index contributed by atoms with van der Waals surface area (Å²) in [6.07, 6.45) is 4.09. The van der Waals surface area contributed by atoms with Crippen molar-refractivity contribution in [2.75, 3.05) is 5.32 Å². The van der Waals surface area contributed by atoms with Gasteiger partial charge in [0.25, 0.3) is 0 Å². The third kappa shape index (κ3) is 4.61. The van der Waals surface area contributed by atoms with Crippen LogP contribution in [0.3, 0.4) is 0 Å². The quantitative estimate of drug-likeness (QED) is 0.886. The minimum Gasteiger partial charge on any atom is -0.344 e. The molecule has 1 aromatic rings. The zero-order valence-electron chi connectivity index (χ0n) is 11.8. The van der Waals surface area contributed by atoms with Crippen LogP contribution in [0.5, 0.6) is 0 Å². The van der Waals surface area contributed by atoms with E-state index >= 15 is 0 Å². The van der Waals surface area contributed by atoms with Crippen molar-refractivity contribution in [3.63, 3.8) is 0 Å². The average Bonchev–Trinajstić information content (AvgIpc) is 2.87. The molecule has 1 aliphatic rings. The van der Waals surface area contributed by atoms with Crippen molar-refractivity contribution in [2.24, 2.45) is 5.92 Å². The van der Waals surface area contributed by atoms with Gasteiger partial charge in [0.1, 0.15) is 6.04 Å². The van der Waals surface area contributed by atoms with Crippen molar-refractivity contribution in [1.82, 2.24) is 5.32 Å². The molecule has 0 radical (unpaired) electrons. The maximum absolute atomic E-state index is 12.4. The SMILES string of the molecule is CC(=O)NC(C(=O)Nc1cc(Cl)cc(Cl)c1)C1CCCC1. The highest BCUT2D eigenvalue weighted by Gasteiger charge is 2.31. The summed E-state index contributed by atoms with van der Waals surface area (Å²) in [5.74, 6) is -0.245. The van der Waals surface area contributed by atoms with Crippen LogP contribution < -0.4 is 10.6 Å². The van der Waals surface area contributed by atoms with Crippen LogP contribution in [0.15, 0.2) is 18.2 Å². The van der Waals surface area contributed by atoms with Gasteiger partial charge in [-0.15, -0.1) is 0 Å². The highest BCUT2D eigenvalue weighted by molar-refractivity contribution is 6.35. The van der Waals surface area contributed by atoms with Gasteiger partial charge in [-0.1, -0.05) is 36.0 Å². The summed E-state index contributed by atoms with van der Waals surface area (Å²) in [5, 5.41) is 6.44. The van der Waals surface area contributed by atoms with Gasteiger partial charge >= 0.3 is 0 Å². The van der Waals surface area contributed by atoms with Gasteiger partial charge in [-0.25, -0.2) is 0 Å². The van der Waals surface area contributed by atoms with Crippen molar-refractivity contribution in [1.29, 1.82) is 0 Å². The summed E-state index contributed by atoms with van der Waals surface area (Å²) in [6.45, 7) is 1.42. The van der Waals surface area contributed by atoms with Crippen LogP contribution in [0.4, 0.5) is 5.69 Å². The maximum Gasteiger partial charge on any atom is 0.247 e. The van der Waals surface area contributed by atoms with E-state index in [1.807, 2.05) is 0 Å². The van der Waals surface area contributed by atoms with Gasteiger partial charge < -0.3 is 10.6 Å². The Labute approximate surface area is 134 Å². The van der Waals surface area contributed by atoms with Crippen molar-refractivity contribution in [3.05, 3.63) is 28.2 Å². The van der Waals surface area contributed by atoms with E-state index in [4.69, 9.17) is 23.2 Å². The van der Waals surface area contributed by atoms with Crippen molar-refractivity contribution >= 4 is 40.7 Å². The van der Waals surface area contributed by atoms with Gasteiger partial charge in [-0.2, -0.15) is 0 Å². The molecule has 1 aromatic carbocycles. The lowest BCUT2D eigenvalue weighted by molar-refractivity contribution is -0.126. The Morgan fingerprint density at radius 2 is 1.71 bits per heavy atom. The Hall–Kier alpha value is -1.26. The molecule has 2 amide bonds. The van der Waals surface area contributed by atoms with Crippen LogP contribution in [-0.2, 0) is 9.59 Å². The Bertz CT molecular complexity index is 522. The molecule has 1 saturated carbocycles. The first-order valence-corrected chi connectivity index (χ1v) is 7.75. The Kier molecular flexibility index (Phi) is 5.48. The fourth-order valence-corrected chi connectivity index (χ4v) is 3.28. The first kappa shape index (κ1) is 16.1. The highest BCUT2D eigenvalue weighted by Crippen LogP contribution is 2.29. The van der Waals surface area contributed by atoms with E-state index in [9.17, 15) is 9.59 Å². The second kappa shape index (κ2) is 7.14. The second-order valence-corrected chi connectivity index (χ2v) is 6.24. The molecule has 1 fully saturated rings. The summed E-state index contributed by atoms with van der Waals surface area (Å²) in [7, 11) is 0. The number of amides is 2. The zero-order valence-corrected chi connectivity index (χ0v) is 13.3. The predicted octanol–water partition coefficient (Wildman–Crippen LogP) is 3.63. The molecule has 0 saturated heterocycles. The number of anilines is 1. The van der Waals surface area contributed by atoms with Gasteiger partial charge in [0.2, 0.25) is 11.8 Å². The number of carbonyl (C=O) groups is 2. The monoisotopic (exact) mass is 328 g/mol. The Balaban J connectivity index is 2.11. The van der Waals surface area contributed by atoms with E-state index in [0.29, 0.717) is 15.7 Å². The molecular weight excluding hydrogens is 311 g/mol. The summed E-state index contributed by atoms with van der Waals surface area (Å²) in [6, 6.07) is 4.35. The topological polar surface area (TPSA) is 58.2 Å². The molecule has 0 heterocycles. The molecule has 2 N–H and O–H groups in total. The van der Waals surface area contributed by atoms with E-state index in [2.05, 4.69) is 10.6 Å². The molecule has 114 valence electrons. The largest absolute Gasteiger partial charge is 0.344 e. The lowest BCUT2D eigenvalue weighted by Gasteiger charge is -2.23. The van der Waals surface area contributed by atoms with Gasteiger partial charge in [0.05, 0.1) is 0 Å². The van der Waals surface area contributed by atoms with Crippen molar-refractivity contribution < 1.29 is 9.59 Å². The van der Waals surface area contributed by atoms with Crippen LogP contribution in [0.1, 0.15) is 32.6 Å². The molecule has 0 aliphatic heterocycles. The van der Waals surface area contributed by atoms with E-state index in [0.717, 1.165) is 25.7 Å². The molecule has 1 aliphatic carbocycles. The van der Waals surface area contributed by atoms with E-state index in [1.54, 1.807) is 18.2 Å². The Morgan fingerprint density at radius 3 is 2.24 bits per heavy atom. The van der Waals surface area contributed by atoms with Crippen LogP contribution in [0.25, 0.3) is 0 Å². The third-order valence-corrected chi connectivity index (χ3v) is 4.08. The number of nitrogens with one attached hydrogen (secondary N) is 2. The van der Waals surface area contributed by atoms with E-state index < -0.39 is 6.04 Å². The van der Waals surface area contributed by atoms with Gasteiger partial charge in [-0.05, 0) is 37.0 Å². The number of halogens is 2. The van der Waals surface area contributed by atoms with Crippen LogP contribution in [0.2, 0.25) is 10.0 Å². The van der Waals surface area contributed by atoms with Crippen molar-refractivity contribution in [2.45, 2.75) is 38.6 Å². The number of rotatable bonds is 4. The number of hydrogen-bond donors (Lipinski definition) is 2. The molecule has 0 aromatic heterocycles. The highest BCUT2D eigenvalue weighted by atomic mass is 35.5. The standard InChI is InChI=1S/C15H18Cl2N2O2/c1-9(20)18-14(10-4-2-3-5-10)15(21)19-13-7-11(16)6-12(17)8-13/h6-8,10,14H,2-5H2,1H3,(H,18,20)(H,19,21). The van der Waals surface area contributed by atoms with Crippen molar-refractivity contribution in [3.8, 4) is 0 Å². The lowest BCUT2D eigenvalue weighted by Crippen LogP contribution is -2.47. The number of benzene rings is 1. The number of carbonyl (C=O) groups excluding carboxylic acids is 2. The third-order valence-electron chi connectivity index (χ3n) is 3.64. The molecular formula is C15H18Cl2N2O2. The Morgan fingerprint density at radius 1 is 1.14 bits per heavy atom. The first-order valence-electron chi connectivity index (χ1n) is 7.00. The molecule has 2 rings (SSSR count).